The standard InChI is InChI=1S/C9H19N.C2H6/c1-2-3-7-10-8-5-4-6-9-10;1-2/h2-9H2,1H3;1-2H3/p+1. The van der Waals surface area contributed by atoms with Crippen LogP contribution in [0.25, 0.3) is 0 Å². The highest BCUT2D eigenvalue weighted by molar-refractivity contribution is 4.45. The summed E-state index contributed by atoms with van der Waals surface area (Å²) in [5.41, 5.74) is 0. The van der Waals surface area contributed by atoms with Gasteiger partial charge in [-0.15, -0.1) is 0 Å². The SMILES string of the molecule is CC.CCCC[NH+]1CCCCC1. The minimum absolute atomic E-state index is 1.36. The van der Waals surface area contributed by atoms with E-state index in [1.54, 1.807) is 0 Å². The monoisotopic (exact) mass is 172 g/mol. The van der Waals surface area contributed by atoms with Crippen LogP contribution in [-0.2, 0) is 0 Å². The number of likely N-dealkylation sites (tertiary alicyclic amines) is 1. The molecule has 0 aromatic rings. The lowest BCUT2D eigenvalue weighted by atomic mass is 10.1. The van der Waals surface area contributed by atoms with Gasteiger partial charge in [-0.05, 0) is 25.7 Å². The number of piperidine rings is 1. The minimum Gasteiger partial charge on any atom is -0.335 e. The third kappa shape index (κ3) is 5.59. The number of hydrogen-bond acceptors (Lipinski definition) is 0. The van der Waals surface area contributed by atoms with Crippen molar-refractivity contribution in [2.75, 3.05) is 19.6 Å². The van der Waals surface area contributed by atoms with Gasteiger partial charge in [-0.3, -0.25) is 0 Å². The molecule has 0 radical (unpaired) electrons. The molecule has 0 bridgehead atoms. The van der Waals surface area contributed by atoms with Crippen LogP contribution in [0.15, 0.2) is 0 Å². The van der Waals surface area contributed by atoms with E-state index in [0.29, 0.717) is 0 Å². The molecule has 0 unspecified atom stereocenters. The predicted octanol–water partition coefficient (Wildman–Crippen LogP) is 1.88. The zero-order valence-electron chi connectivity index (χ0n) is 9.16. The van der Waals surface area contributed by atoms with E-state index in [-0.39, 0.29) is 0 Å². The van der Waals surface area contributed by atoms with Gasteiger partial charge in [0.2, 0.25) is 0 Å². The van der Waals surface area contributed by atoms with Crippen LogP contribution in [0.5, 0.6) is 0 Å². The van der Waals surface area contributed by atoms with Gasteiger partial charge in [-0.25, -0.2) is 0 Å². The second-order valence-electron chi connectivity index (χ2n) is 3.41. The molecule has 1 heterocycles. The molecular weight excluding hydrogens is 146 g/mol. The van der Waals surface area contributed by atoms with Crippen LogP contribution in [-0.4, -0.2) is 19.6 Å². The van der Waals surface area contributed by atoms with Gasteiger partial charge in [0.15, 0.2) is 0 Å². The Morgan fingerprint density at radius 3 is 2.08 bits per heavy atom. The summed E-state index contributed by atoms with van der Waals surface area (Å²) in [6.07, 6.45) is 7.21. The molecule has 0 saturated carbocycles. The van der Waals surface area contributed by atoms with Crippen LogP contribution in [0.3, 0.4) is 0 Å². The molecule has 1 fully saturated rings. The van der Waals surface area contributed by atoms with Crippen molar-refractivity contribution in [1.82, 2.24) is 0 Å². The van der Waals surface area contributed by atoms with Crippen molar-refractivity contribution in [2.24, 2.45) is 0 Å². The van der Waals surface area contributed by atoms with Crippen LogP contribution in [0.4, 0.5) is 0 Å². The first-order chi connectivity index (χ1) is 5.93. The van der Waals surface area contributed by atoms with Crippen LogP contribution in [0.2, 0.25) is 0 Å². The quantitative estimate of drug-likeness (QED) is 0.663. The van der Waals surface area contributed by atoms with Crippen molar-refractivity contribution >= 4 is 0 Å². The summed E-state index contributed by atoms with van der Waals surface area (Å²) in [7, 11) is 0. The summed E-state index contributed by atoms with van der Waals surface area (Å²) < 4.78 is 0. The van der Waals surface area contributed by atoms with E-state index in [0.717, 1.165) is 0 Å². The summed E-state index contributed by atoms with van der Waals surface area (Å²) in [5, 5.41) is 0. The summed E-state index contributed by atoms with van der Waals surface area (Å²) >= 11 is 0. The fraction of sp³-hybridized carbons (Fsp3) is 1.00. The molecule has 0 aromatic heterocycles. The lowest BCUT2D eigenvalue weighted by molar-refractivity contribution is -0.905. The summed E-state index contributed by atoms with van der Waals surface area (Å²) in [5.74, 6) is 0. The molecule has 1 heteroatoms. The van der Waals surface area contributed by atoms with Gasteiger partial charge in [-0.1, -0.05) is 27.2 Å². The first-order valence-electron chi connectivity index (χ1n) is 5.77. The Balaban J connectivity index is 0.000000561. The third-order valence-electron chi connectivity index (χ3n) is 2.44. The molecule has 0 spiro atoms. The predicted molar refractivity (Wildman–Crippen MR) is 55.7 cm³/mol. The van der Waals surface area contributed by atoms with Gasteiger partial charge in [0.25, 0.3) is 0 Å². The highest BCUT2D eigenvalue weighted by Crippen LogP contribution is 1.94. The van der Waals surface area contributed by atoms with Gasteiger partial charge in [0, 0.05) is 0 Å². The molecule has 12 heavy (non-hydrogen) atoms. The van der Waals surface area contributed by atoms with Gasteiger partial charge in [-0.2, -0.15) is 0 Å². The lowest BCUT2D eigenvalue weighted by Gasteiger charge is -2.22. The number of quaternary nitrogens is 1. The van der Waals surface area contributed by atoms with Crippen molar-refractivity contribution in [3.63, 3.8) is 0 Å². The van der Waals surface area contributed by atoms with Crippen LogP contribution >= 0.6 is 0 Å². The summed E-state index contributed by atoms with van der Waals surface area (Å²) in [6, 6.07) is 0. The molecule has 1 saturated heterocycles. The molecule has 0 atom stereocenters. The highest BCUT2D eigenvalue weighted by atomic mass is 15.1. The molecule has 0 aromatic carbocycles. The zero-order chi connectivity index (χ0) is 9.23. The van der Waals surface area contributed by atoms with Crippen LogP contribution in [0.1, 0.15) is 52.9 Å². The van der Waals surface area contributed by atoms with E-state index in [9.17, 15) is 0 Å². The average molecular weight is 172 g/mol. The maximum absolute atomic E-state index is 2.28. The van der Waals surface area contributed by atoms with Crippen LogP contribution < -0.4 is 4.90 Å². The normalized spacial score (nSPS) is 18.2. The molecule has 1 aliphatic rings. The van der Waals surface area contributed by atoms with Gasteiger partial charge >= 0.3 is 0 Å². The Bertz CT molecular complexity index is 75.1. The number of unbranched alkanes of at least 4 members (excludes halogenated alkanes) is 1. The topological polar surface area (TPSA) is 4.44 Å². The fourth-order valence-electron chi connectivity index (χ4n) is 1.73. The van der Waals surface area contributed by atoms with Crippen molar-refractivity contribution in [3.05, 3.63) is 0 Å². The van der Waals surface area contributed by atoms with E-state index >= 15 is 0 Å². The molecular formula is C11H26N+. The molecule has 1 rings (SSSR count). The van der Waals surface area contributed by atoms with Gasteiger partial charge < -0.3 is 4.90 Å². The molecule has 0 amide bonds. The Morgan fingerprint density at radius 1 is 1.00 bits per heavy atom. The summed E-state index contributed by atoms with van der Waals surface area (Å²) in [6.45, 7) is 10.6. The van der Waals surface area contributed by atoms with E-state index in [2.05, 4.69) is 6.92 Å². The van der Waals surface area contributed by atoms with Crippen molar-refractivity contribution in [1.29, 1.82) is 0 Å². The largest absolute Gasteiger partial charge is 0.335 e. The van der Waals surface area contributed by atoms with Gasteiger partial charge in [0.1, 0.15) is 0 Å². The Hall–Kier alpha value is -0.0400. The molecule has 74 valence electrons. The average Bonchev–Trinajstić information content (AvgIpc) is 2.19. The van der Waals surface area contributed by atoms with E-state index in [1.165, 1.54) is 51.7 Å². The smallest absolute Gasteiger partial charge is 0.0770 e. The zero-order valence-corrected chi connectivity index (χ0v) is 9.16. The Kier molecular flexibility index (Phi) is 9.02. The Morgan fingerprint density at radius 2 is 1.58 bits per heavy atom. The molecule has 1 N–H and O–H groups in total. The minimum atomic E-state index is 1.36. The fourth-order valence-corrected chi connectivity index (χ4v) is 1.73. The lowest BCUT2D eigenvalue weighted by Crippen LogP contribution is -3.12. The van der Waals surface area contributed by atoms with Crippen LogP contribution in [0, 0.1) is 0 Å². The maximum Gasteiger partial charge on any atom is 0.0770 e. The van der Waals surface area contributed by atoms with E-state index < -0.39 is 0 Å². The highest BCUT2D eigenvalue weighted by Gasteiger charge is 2.11. The first-order valence-corrected chi connectivity index (χ1v) is 5.77. The maximum atomic E-state index is 2.28. The third-order valence-corrected chi connectivity index (χ3v) is 2.44. The second kappa shape index (κ2) is 9.05. The van der Waals surface area contributed by atoms with Crippen molar-refractivity contribution in [2.45, 2.75) is 52.9 Å². The van der Waals surface area contributed by atoms with Crippen molar-refractivity contribution < 1.29 is 4.90 Å². The van der Waals surface area contributed by atoms with E-state index in [1.807, 2.05) is 18.7 Å². The second-order valence-corrected chi connectivity index (χ2v) is 3.41. The summed E-state index contributed by atoms with van der Waals surface area (Å²) in [4.78, 5) is 1.85. The first kappa shape index (κ1) is 12.0. The molecule has 1 nitrogen and oxygen atoms in total. The number of hydrogen-bond donors (Lipinski definition) is 1. The number of nitrogens with one attached hydrogen (secondary N) is 1. The Labute approximate surface area is 78.1 Å². The number of rotatable bonds is 3. The van der Waals surface area contributed by atoms with Crippen molar-refractivity contribution in [3.8, 4) is 0 Å². The molecule has 0 aliphatic carbocycles. The van der Waals surface area contributed by atoms with E-state index in [4.69, 9.17) is 0 Å². The molecule has 1 aliphatic heterocycles. The van der Waals surface area contributed by atoms with Gasteiger partial charge in [0.05, 0.1) is 19.6 Å².